The molecule has 5 heteroatoms. The topological polar surface area (TPSA) is 71.8 Å². The number of aromatic amines is 1. The van der Waals surface area contributed by atoms with Crippen LogP contribution in [-0.4, -0.2) is 16.0 Å². The number of carbonyl (C=O) groups excluding carboxylic acids is 1. The number of nitrogens with two attached hydrogens (primary N) is 1. The van der Waals surface area contributed by atoms with E-state index < -0.39 is 0 Å². The van der Waals surface area contributed by atoms with Crippen LogP contribution in [-0.2, 0) is 6.42 Å². The molecule has 0 spiro atoms. The van der Waals surface area contributed by atoms with E-state index in [4.69, 9.17) is 5.73 Å². The average molecular weight is 219 g/mol. The first-order valence-corrected chi connectivity index (χ1v) is 4.73. The fraction of sp³-hybridized carbons (Fsp3) is 0.0909. The number of benzene rings is 1. The molecule has 3 N–H and O–H groups in total. The minimum absolute atomic E-state index is 0.141. The summed E-state index contributed by atoms with van der Waals surface area (Å²) in [5.41, 5.74) is 6.63. The van der Waals surface area contributed by atoms with Crippen molar-refractivity contribution in [1.29, 1.82) is 0 Å². The molecule has 0 amide bonds. The first kappa shape index (κ1) is 10.4. The van der Waals surface area contributed by atoms with Crippen molar-refractivity contribution in [2.45, 2.75) is 6.42 Å². The van der Waals surface area contributed by atoms with E-state index in [0.29, 0.717) is 5.56 Å². The molecule has 0 unspecified atom stereocenters. The van der Waals surface area contributed by atoms with Crippen LogP contribution >= 0.6 is 0 Å². The molecule has 4 nitrogen and oxygen atoms in total. The maximum atomic E-state index is 12.6. The van der Waals surface area contributed by atoms with Crippen molar-refractivity contribution in [3.8, 4) is 0 Å². The van der Waals surface area contributed by atoms with Crippen LogP contribution in [0.25, 0.3) is 0 Å². The highest BCUT2D eigenvalue weighted by Crippen LogP contribution is 2.11. The van der Waals surface area contributed by atoms with E-state index in [-0.39, 0.29) is 23.8 Å². The quantitative estimate of drug-likeness (QED) is 0.769. The number of carbonyl (C=O) groups is 1. The van der Waals surface area contributed by atoms with Gasteiger partial charge in [-0.15, -0.1) is 0 Å². The van der Waals surface area contributed by atoms with Crippen LogP contribution < -0.4 is 5.73 Å². The van der Waals surface area contributed by atoms with E-state index in [1.54, 1.807) is 12.1 Å². The molecule has 0 saturated carbocycles. The lowest BCUT2D eigenvalue weighted by atomic mass is 10.1. The maximum absolute atomic E-state index is 12.6. The number of anilines is 1. The maximum Gasteiger partial charge on any atom is 0.172 e. The second-order valence-corrected chi connectivity index (χ2v) is 3.42. The molecule has 0 saturated heterocycles. The molecule has 0 aliphatic heterocycles. The Morgan fingerprint density at radius 1 is 1.38 bits per heavy atom. The predicted octanol–water partition coefficient (Wildman–Crippen LogP) is 1.56. The van der Waals surface area contributed by atoms with Crippen molar-refractivity contribution in [2.24, 2.45) is 0 Å². The highest BCUT2D eigenvalue weighted by Gasteiger charge is 2.12. The number of H-pyrrole nitrogens is 1. The summed E-state index contributed by atoms with van der Waals surface area (Å²) in [6.45, 7) is 0. The molecule has 1 aromatic carbocycles. The van der Waals surface area contributed by atoms with Crippen molar-refractivity contribution in [3.63, 3.8) is 0 Å². The molecule has 2 rings (SSSR count). The van der Waals surface area contributed by atoms with E-state index in [2.05, 4.69) is 10.2 Å². The zero-order valence-electron chi connectivity index (χ0n) is 8.40. The monoisotopic (exact) mass is 219 g/mol. The first-order chi connectivity index (χ1) is 7.66. The number of aromatic nitrogens is 2. The van der Waals surface area contributed by atoms with Crippen molar-refractivity contribution in [3.05, 3.63) is 47.4 Å². The summed E-state index contributed by atoms with van der Waals surface area (Å²) in [7, 11) is 0. The Morgan fingerprint density at radius 2 is 2.06 bits per heavy atom. The Labute approximate surface area is 91.3 Å². The molecule has 0 atom stereocenters. The summed E-state index contributed by atoms with van der Waals surface area (Å²) < 4.78 is 12.6. The van der Waals surface area contributed by atoms with Crippen molar-refractivity contribution in [1.82, 2.24) is 10.2 Å². The SMILES string of the molecule is Nc1[nH]ncc1C(=O)Cc1ccc(F)cc1. The number of hydrogen-bond acceptors (Lipinski definition) is 3. The fourth-order valence-corrected chi connectivity index (χ4v) is 1.40. The Hall–Kier alpha value is -2.17. The smallest absolute Gasteiger partial charge is 0.172 e. The van der Waals surface area contributed by atoms with Crippen LogP contribution in [0.15, 0.2) is 30.5 Å². The van der Waals surface area contributed by atoms with Crippen LogP contribution in [0.4, 0.5) is 10.2 Å². The van der Waals surface area contributed by atoms with Gasteiger partial charge in [0.05, 0.1) is 11.8 Å². The summed E-state index contributed by atoms with van der Waals surface area (Å²) in [6, 6.07) is 5.79. The standard InChI is InChI=1S/C11H10FN3O/c12-8-3-1-7(2-4-8)5-10(16)9-6-14-15-11(9)13/h1-4,6H,5H2,(H3,13,14,15). The number of halogens is 1. The fourth-order valence-electron chi connectivity index (χ4n) is 1.40. The van der Waals surface area contributed by atoms with E-state index in [1.807, 2.05) is 0 Å². The molecule has 1 aromatic heterocycles. The van der Waals surface area contributed by atoms with Gasteiger partial charge in [0, 0.05) is 6.42 Å². The third-order valence-corrected chi connectivity index (χ3v) is 2.25. The van der Waals surface area contributed by atoms with Gasteiger partial charge in [0.2, 0.25) is 0 Å². The molecule has 0 fully saturated rings. The van der Waals surface area contributed by atoms with Gasteiger partial charge in [-0.05, 0) is 17.7 Å². The highest BCUT2D eigenvalue weighted by atomic mass is 19.1. The van der Waals surface area contributed by atoms with Crippen molar-refractivity contribution in [2.75, 3.05) is 5.73 Å². The van der Waals surface area contributed by atoms with Crippen molar-refractivity contribution >= 4 is 11.6 Å². The molecule has 0 radical (unpaired) electrons. The molecule has 2 aromatic rings. The summed E-state index contributed by atoms with van der Waals surface area (Å²) >= 11 is 0. The van der Waals surface area contributed by atoms with Crippen molar-refractivity contribution < 1.29 is 9.18 Å². The van der Waals surface area contributed by atoms with Gasteiger partial charge in [-0.3, -0.25) is 9.89 Å². The van der Waals surface area contributed by atoms with Gasteiger partial charge in [0.1, 0.15) is 11.6 Å². The van der Waals surface area contributed by atoms with E-state index in [1.165, 1.54) is 18.3 Å². The number of nitrogen functional groups attached to an aromatic ring is 1. The Kier molecular flexibility index (Phi) is 2.68. The molecule has 0 bridgehead atoms. The van der Waals surface area contributed by atoms with E-state index in [0.717, 1.165) is 5.56 Å². The molecule has 1 heterocycles. The highest BCUT2D eigenvalue weighted by molar-refractivity contribution is 6.00. The lowest BCUT2D eigenvalue weighted by Gasteiger charge is -1.99. The minimum atomic E-state index is -0.320. The van der Waals surface area contributed by atoms with Crippen LogP contribution in [0.2, 0.25) is 0 Å². The first-order valence-electron chi connectivity index (χ1n) is 4.73. The minimum Gasteiger partial charge on any atom is -0.383 e. The number of rotatable bonds is 3. The Morgan fingerprint density at radius 3 is 2.62 bits per heavy atom. The second-order valence-electron chi connectivity index (χ2n) is 3.42. The largest absolute Gasteiger partial charge is 0.383 e. The van der Waals surface area contributed by atoms with Gasteiger partial charge >= 0.3 is 0 Å². The van der Waals surface area contributed by atoms with Crippen LogP contribution in [0.1, 0.15) is 15.9 Å². The number of hydrogen-bond donors (Lipinski definition) is 2. The summed E-state index contributed by atoms with van der Waals surface area (Å²) in [6.07, 6.45) is 1.57. The molecular weight excluding hydrogens is 209 g/mol. The molecule has 82 valence electrons. The van der Waals surface area contributed by atoms with Gasteiger partial charge in [0.25, 0.3) is 0 Å². The van der Waals surface area contributed by atoms with Gasteiger partial charge in [-0.2, -0.15) is 5.10 Å². The summed E-state index contributed by atoms with van der Waals surface area (Å²) in [4.78, 5) is 11.7. The normalized spacial score (nSPS) is 10.3. The zero-order valence-corrected chi connectivity index (χ0v) is 8.40. The number of nitrogens with zero attached hydrogens (tertiary/aromatic N) is 1. The van der Waals surface area contributed by atoms with Gasteiger partial charge in [0.15, 0.2) is 5.78 Å². The predicted molar refractivity (Wildman–Crippen MR) is 57.4 cm³/mol. The second kappa shape index (κ2) is 4.14. The lowest BCUT2D eigenvalue weighted by Crippen LogP contribution is -2.05. The number of ketones is 1. The third-order valence-electron chi connectivity index (χ3n) is 2.25. The molecule has 16 heavy (non-hydrogen) atoms. The Balaban J connectivity index is 2.14. The number of Topliss-reactive ketones (excluding diaryl/α,β-unsaturated/α-hetero) is 1. The molecular formula is C11H10FN3O. The number of nitrogens with one attached hydrogen (secondary N) is 1. The average Bonchev–Trinajstić information content (AvgIpc) is 2.68. The van der Waals surface area contributed by atoms with Gasteiger partial charge < -0.3 is 5.73 Å². The van der Waals surface area contributed by atoms with Gasteiger partial charge in [-0.25, -0.2) is 4.39 Å². The molecule has 0 aliphatic carbocycles. The summed E-state index contributed by atoms with van der Waals surface area (Å²) in [5.74, 6) is -0.205. The Bertz CT molecular complexity index is 504. The lowest BCUT2D eigenvalue weighted by molar-refractivity contribution is 0.0994. The van der Waals surface area contributed by atoms with E-state index in [9.17, 15) is 9.18 Å². The van der Waals surface area contributed by atoms with Crippen LogP contribution in [0.5, 0.6) is 0 Å². The van der Waals surface area contributed by atoms with E-state index >= 15 is 0 Å². The zero-order chi connectivity index (χ0) is 11.5. The summed E-state index contributed by atoms with van der Waals surface area (Å²) in [5, 5.41) is 6.16. The van der Waals surface area contributed by atoms with Gasteiger partial charge in [-0.1, -0.05) is 12.1 Å². The van der Waals surface area contributed by atoms with Crippen LogP contribution in [0, 0.1) is 5.82 Å². The van der Waals surface area contributed by atoms with Crippen LogP contribution in [0.3, 0.4) is 0 Å². The molecule has 0 aliphatic rings. The third kappa shape index (κ3) is 2.08.